The molecular weight excluding hydrogens is 427 g/mol. The van der Waals surface area contributed by atoms with E-state index in [1.165, 1.54) is 30.4 Å². The quantitative estimate of drug-likeness (QED) is 0.494. The van der Waals surface area contributed by atoms with Crippen LogP contribution in [0.4, 0.5) is 10.8 Å². The molecule has 0 saturated carbocycles. The number of thiazole rings is 1. The number of likely N-dealkylation sites (tertiary alicyclic amines) is 1. The summed E-state index contributed by atoms with van der Waals surface area (Å²) in [5.74, 6) is -0.118. The smallest absolute Gasteiger partial charge is 0.230 e. The molecule has 0 bridgehead atoms. The maximum Gasteiger partial charge on any atom is 0.230 e. The molecule has 1 amide bonds. The SMILES string of the molecule is CC(=O)N(c1ccc(Cl)c(Cl)c1)c1nc(CN2CCCC2c2cccn2C)cs1. The summed E-state index contributed by atoms with van der Waals surface area (Å²) in [6.07, 6.45) is 4.42. The molecule has 0 N–H and O–H groups in total. The molecule has 0 spiro atoms. The molecule has 1 aromatic carbocycles. The number of anilines is 2. The lowest BCUT2D eigenvalue weighted by Crippen LogP contribution is -2.25. The molecule has 3 aromatic rings. The van der Waals surface area contributed by atoms with Gasteiger partial charge in [-0.2, -0.15) is 0 Å². The number of hydrogen-bond donors (Lipinski definition) is 0. The van der Waals surface area contributed by atoms with Gasteiger partial charge in [-0.05, 0) is 49.7 Å². The van der Waals surface area contributed by atoms with Gasteiger partial charge in [-0.1, -0.05) is 23.2 Å². The van der Waals surface area contributed by atoms with Gasteiger partial charge in [0, 0.05) is 37.8 Å². The largest absolute Gasteiger partial charge is 0.353 e. The Morgan fingerprint density at radius 1 is 1.31 bits per heavy atom. The van der Waals surface area contributed by atoms with Crippen LogP contribution in [0.15, 0.2) is 41.9 Å². The maximum absolute atomic E-state index is 12.3. The first kappa shape index (κ1) is 20.4. The molecule has 1 atom stereocenters. The van der Waals surface area contributed by atoms with E-state index in [-0.39, 0.29) is 5.91 Å². The highest BCUT2D eigenvalue weighted by Crippen LogP contribution is 2.36. The van der Waals surface area contributed by atoms with Crippen LogP contribution in [0.1, 0.15) is 37.2 Å². The van der Waals surface area contributed by atoms with E-state index in [9.17, 15) is 4.79 Å². The van der Waals surface area contributed by atoms with Crippen molar-refractivity contribution in [1.82, 2.24) is 14.5 Å². The molecule has 5 nitrogen and oxygen atoms in total. The van der Waals surface area contributed by atoms with Crippen molar-refractivity contribution in [2.75, 3.05) is 11.4 Å². The molecule has 1 fully saturated rings. The zero-order valence-corrected chi connectivity index (χ0v) is 18.6. The molecule has 1 unspecified atom stereocenters. The van der Waals surface area contributed by atoms with Crippen molar-refractivity contribution in [3.63, 3.8) is 0 Å². The van der Waals surface area contributed by atoms with E-state index in [2.05, 4.69) is 34.8 Å². The highest BCUT2D eigenvalue weighted by molar-refractivity contribution is 7.14. The molecule has 8 heteroatoms. The van der Waals surface area contributed by atoms with E-state index >= 15 is 0 Å². The molecule has 152 valence electrons. The molecule has 1 saturated heterocycles. The molecule has 0 aliphatic carbocycles. The summed E-state index contributed by atoms with van der Waals surface area (Å²) in [7, 11) is 2.09. The molecule has 1 aliphatic rings. The van der Waals surface area contributed by atoms with Crippen LogP contribution < -0.4 is 4.90 Å². The second-order valence-corrected chi connectivity index (χ2v) is 8.90. The van der Waals surface area contributed by atoms with Crippen molar-refractivity contribution in [2.24, 2.45) is 7.05 Å². The number of rotatable bonds is 5. The second-order valence-electron chi connectivity index (χ2n) is 7.25. The van der Waals surface area contributed by atoms with Gasteiger partial charge in [-0.3, -0.25) is 14.6 Å². The van der Waals surface area contributed by atoms with Crippen LogP contribution in [-0.2, 0) is 18.4 Å². The second kappa shape index (κ2) is 8.48. The summed E-state index contributed by atoms with van der Waals surface area (Å²) in [4.78, 5) is 21.1. The number of aromatic nitrogens is 2. The third kappa shape index (κ3) is 4.21. The zero-order valence-electron chi connectivity index (χ0n) is 16.3. The molecule has 29 heavy (non-hydrogen) atoms. The number of amides is 1. The number of halogens is 2. The van der Waals surface area contributed by atoms with Crippen molar-refractivity contribution in [2.45, 2.75) is 32.4 Å². The Morgan fingerprint density at radius 2 is 2.14 bits per heavy atom. The monoisotopic (exact) mass is 448 g/mol. The predicted octanol–water partition coefficient (Wildman–Crippen LogP) is 5.81. The van der Waals surface area contributed by atoms with E-state index in [4.69, 9.17) is 28.2 Å². The fraction of sp³-hybridized carbons (Fsp3) is 0.333. The summed E-state index contributed by atoms with van der Waals surface area (Å²) in [5.41, 5.74) is 2.97. The average molecular weight is 449 g/mol. The first-order chi connectivity index (χ1) is 13.9. The molecule has 3 heterocycles. The van der Waals surface area contributed by atoms with Crippen LogP contribution in [0.2, 0.25) is 10.0 Å². The summed E-state index contributed by atoms with van der Waals surface area (Å²) < 4.78 is 2.19. The lowest BCUT2D eigenvalue weighted by Gasteiger charge is -2.24. The van der Waals surface area contributed by atoms with Gasteiger partial charge >= 0.3 is 0 Å². The van der Waals surface area contributed by atoms with Gasteiger partial charge in [0.05, 0.1) is 27.5 Å². The normalized spacial score (nSPS) is 17.0. The fourth-order valence-electron chi connectivity index (χ4n) is 3.90. The summed E-state index contributed by atoms with van der Waals surface area (Å²) >= 11 is 13.6. The Kier molecular flexibility index (Phi) is 5.97. The van der Waals surface area contributed by atoms with Gasteiger partial charge in [0.2, 0.25) is 5.91 Å². The van der Waals surface area contributed by atoms with Gasteiger partial charge in [0.25, 0.3) is 0 Å². The van der Waals surface area contributed by atoms with Gasteiger partial charge in [0.15, 0.2) is 5.13 Å². The topological polar surface area (TPSA) is 41.4 Å². The van der Waals surface area contributed by atoms with Crippen molar-refractivity contribution in [3.05, 3.63) is 63.3 Å². The third-order valence-corrected chi connectivity index (χ3v) is 6.87. The van der Waals surface area contributed by atoms with Gasteiger partial charge in [-0.15, -0.1) is 11.3 Å². The van der Waals surface area contributed by atoms with Crippen molar-refractivity contribution >= 4 is 51.3 Å². The van der Waals surface area contributed by atoms with Crippen LogP contribution >= 0.6 is 34.5 Å². The lowest BCUT2D eigenvalue weighted by molar-refractivity contribution is -0.115. The van der Waals surface area contributed by atoms with Crippen molar-refractivity contribution < 1.29 is 4.79 Å². The maximum atomic E-state index is 12.3. The van der Waals surface area contributed by atoms with Gasteiger partial charge in [0.1, 0.15) is 0 Å². The lowest BCUT2D eigenvalue weighted by atomic mass is 10.1. The summed E-state index contributed by atoms with van der Waals surface area (Å²) in [6, 6.07) is 9.85. The van der Waals surface area contributed by atoms with Crippen LogP contribution in [-0.4, -0.2) is 26.9 Å². The number of aryl methyl sites for hydroxylation is 1. The number of carbonyl (C=O) groups is 1. The third-order valence-electron chi connectivity index (χ3n) is 5.26. The van der Waals surface area contributed by atoms with Gasteiger partial charge in [-0.25, -0.2) is 4.98 Å². The number of nitrogens with zero attached hydrogens (tertiary/aromatic N) is 4. The predicted molar refractivity (Wildman–Crippen MR) is 119 cm³/mol. The van der Waals surface area contributed by atoms with Crippen molar-refractivity contribution in [1.29, 1.82) is 0 Å². The Morgan fingerprint density at radius 3 is 2.83 bits per heavy atom. The Bertz CT molecular complexity index is 1030. The molecule has 0 radical (unpaired) electrons. The number of carbonyl (C=O) groups excluding carboxylic acids is 1. The summed E-state index contributed by atoms with van der Waals surface area (Å²) in [6.45, 7) is 3.33. The molecule has 1 aliphatic heterocycles. The van der Waals surface area contributed by atoms with E-state index in [1.807, 2.05) is 5.38 Å². The van der Waals surface area contributed by atoms with Crippen LogP contribution in [0, 0.1) is 0 Å². The number of benzene rings is 1. The van der Waals surface area contributed by atoms with Crippen LogP contribution in [0.3, 0.4) is 0 Å². The standard InChI is InChI=1S/C21H22Cl2N4OS/c1-14(28)27(16-7-8-17(22)18(23)11-16)21-24-15(13-29-21)12-26-10-4-6-20(26)19-5-3-9-25(19)2/h3,5,7-9,11,13,20H,4,6,10,12H2,1-2H3. The van der Waals surface area contributed by atoms with E-state index in [0.29, 0.717) is 26.9 Å². The minimum atomic E-state index is -0.118. The fourth-order valence-corrected chi connectivity index (χ4v) is 5.07. The molecular formula is C21H22Cl2N4OS. The first-order valence-electron chi connectivity index (χ1n) is 9.49. The number of hydrogen-bond acceptors (Lipinski definition) is 4. The Hall–Kier alpha value is -1.86. The minimum Gasteiger partial charge on any atom is -0.353 e. The molecule has 2 aromatic heterocycles. The van der Waals surface area contributed by atoms with E-state index < -0.39 is 0 Å². The summed E-state index contributed by atoms with van der Waals surface area (Å²) in [5, 5.41) is 3.54. The van der Waals surface area contributed by atoms with Crippen molar-refractivity contribution in [3.8, 4) is 0 Å². The van der Waals surface area contributed by atoms with Crippen LogP contribution in [0.5, 0.6) is 0 Å². The Labute approximate surface area is 184 Å². The Balaban J connectivity index is 1.56. The zero-order chi connectivity index (χ0) is 20.5. The van der Waals surface area contributed by atoms with E-state index in [0.717, 1.165) is 25.2 Å². The highest BCUT2D eigenvalue weighted by Gasteiger charge is 2.28. The minimum absolute atomic E-state index is 0.118. The van der Waals surface area contributed by atoms with E-state index in [1.54, 1.807) is 23.1 Å². The first-order valence-corrected chi connectivity index (χ1v) is 11.1. The highest BCUT2D eigenvalue weighted by atomic mass is 35.5. The average Bonchev–Trinajstić information content (AvgIpc) is 3.40. The van der Waals surface area contributed by atoms with Crippen LogP contribution in [0.25, 0.3) is 0 Å². The van der Waals surface area contributed by atoms with Gasteiger partial charge < -0.3 is 4.57 Å². The molecule has 4 rings (SSSR count).